The van der Waals surface area contributed by atoms with Crippen molar-refractivity contribution in [3.63, 3.8) is 0 Å². The third-order valence-electron chi connectivity index (χ3n) is 1.57. The van der Waals surface area contributed by atoms with Crippen LogP contribution >= 0.6 is 0 Å². The Balaban J connectivity index is 3.15. The first-order valence-electron chi connectivity index (χ1n) is 4.53. The Morgan fingerprint density at radius 1 is 1.33 bits per heavy atom. The molecule has 0 radical (unpaired) electrons. The lowest BCUT2D eigenvalue weighted by Crippen LogP contribution is -2.28. The third kappa shape index (κ3) is 7.98. The lowest BCUT2D eigenvalue weighted by Gasteiger charge is -2.13. The number of ether oxygens (including phenoxy) is 2. The molecule has 0 saturated carbocycles. The molecule has 0 aromatic heterocycles. The molecule has 0 aliphatic carbocycles. The van der Waals surface area contributed by atoms with Crippen LogP contribution in [0.3, 0.4) is 0 Å². The van der Waals surface area contributed by atoms with Gasteiger partial charge in [0.1, 0.15) is 0 Å². The smallest absolute Gasteiger partial charge is 0.0620 e. The molecule has 12 heavy (non-hydrogen) atoms. The molecule has 3 nitrogen and oxygen atoms in total. The zero-order valence-electron chi connectivity index (χ0n) is 8.38. The molecule has 0 saturated heterocycles. The maximum atomic E-state index is 5.78. The van der Waals surface area contributed by atoms with Gasteiger partial charge in [-0.15, -0.1) is 0 Å². The first-order valence-corrected chi connectivity index (χ1v) is 4.53. The van der Waals surface area contributed by atoms with E-state index in [0.29, 0.717) is 6.61 Å². The molecule has 3 heteroatoms. The summed E-state index contributed by atoms with van der Waals surface area (Å²) in [4.78, 5) is 0. The molecule has 74 valence electrons. The quantitative estimate of drug-likeness (QED) is 0.591. The predicted molar refractivity (Wildman–Crippen MR) is 50.2 cm³/mol. The van der Waals surface area contributed by atoms with Gasteiger partial charge in [-0.05, 0) is 26.7 Å². The summed E-state index contributed by atoms with van der Waals surface area (Å²) in [6.07, 6.45) is 2.26. The molecule has 0 heterocycles. The van der Waals surface area contributed by atoms with E-state index in [1.807, 2.05) is 13.8 Å². The molecule has 0 aliphatic rings. The van der Waals surface area contributed by atoms with Crippen LogP contribution in [-0.4, -0.2) is 32.5 Å². The van der Waals surface area contributed by atoms with Crippen LogP contribution in [0.1, 0.15) is 26.7 Å². The highest BCUT2D eigenvalue weighted by molar-refractivity contribution is 4.59. The molecule has 0 bridgehead atoms. The Kier molecular flexibility index (Phi) is 7.45. The van der Waals surface area contributed by atoms with E-state index in [-0.39, 0.29) is 12.1 Å². The standard InChI is InChI=1S/C9H21NO2/c1-8(2)12-7-9(10)5-4-6-11-3/h8-9H,4-7,10H2,1-3H3. The van der Waals surface area contributed by atoms with Gasteiger partial charge in [0.2, 0.25) is 0 Å². The minimum Gasteiger partial charge on any atom is -0.385 e. The van der Waals surface area contributed by atoms with Gasteiger partial charge < -0.3 is 15.2 Å². The van der Waals surface area contributed by atoms with Crippen molar-refractivity contribution < 1.29 is 9.47 Å². The van der Waals surface area contributed by atoms with Gasteiger partial charge in [-0.2, -0.15) is 0 Å². The fourth-order valence-corrected chi connectivity index (χ4v) is 0.889. The predicted octanol–water partition coefficient (Wildman–Crippen LogP) is 1.17. The van der Waals surface area contributed by atoms with E-state index in [2.05, 4.69) is 0 Å². The Hall–Kier alpha value is -0.120. The topological polar surface area (TPSA) is 44.5 Å². The molecule has 0 spiro atoms. The average molecular weight is 175 g/mol. The van der Waals surface area contributed by atoms with Crippen LogP contribution in [0.4, 0.5) is 0 Å². The number of hydrogen-bond donors (Lipinski definition) is 1. The molecular weight excluding hydrogens is 154 g/mol. The first-order chi connectivity index (χ1) is 5.66. The maximum Gasteiger partial charge on any atom is 0.0620 e. The van der Waals surface area contributed by atoms with E-state index in [9.17, 15) is 0 Å². The lowest BCUT2D eigenvalue weighted by molar-refractivity contribution is 0.0649. The highest BCUT2D eigenvalue weighted by Crippen LogP contribution is 1.97. The largest absolute Gasteiger partial charge is 0.385 e. The summed E-state index contributed by atoms with van der Waals surface area (Å²) in [7, 11) is 1.70. The molecule has 0 rings (SSSR count). The summed E-state index contributed by atoms with van der Waals surface area (Å²) in [5, 5.41) is 0. The van der Waals surface area contributed by atoms with Crippen LogP contribution in [0.25, 0.3) is 0 Å². The fraction of sp³-hybridized carbons (Fsp3) is 1.00. The van der Waals surface area contributed by atoms with Crippen LogP contribution in [0, 0.1) is 0 Å². The summed E-state index contributed by atoms with van der Waals surface area (Å²) in [6.45, 7) is 5.47. The second kappa shape index (κ2) is 7.53. The molecule has 2 N–H and O–H groups in total. The van der Waals surface area contributed by atoms with Crippen molar-refractivity contribution in [1.29, 1.82) is 0 Å². The number of methoxy groups -OCH3 is 1. The van der Waals surface area contributed by atoms with Gasteiger partial charge in [-0.25, -0.2) is 0 Å². The van der Waals surface area contributed by atoms with E-state index < -0.39 is 0 Å². The molecule has 0 aromatic carbocycles. The van der Waals surface area contributed by atoms with Gasteiger partial charge in [0.15, 0.2) is 0 Å². The Morgan fingerprint density at radius 3 is 2.50 bits per heavy atom. The van der Waals surface area contributed by atoms with Crippen molar-refractivity contribution in [2.75, 3.05) is 20.3 Å². The normalized spacial score (nSPS) is 13.8. The monoisotopic (exact) mass is 175 g/mol. The summed E-state index contributed by atoms with van der Waals surface area (Å²) < 4.78 is 10.3. The van der Waals surface area contributed by atoms with Crippen molar-refractivity contribution >= 4 is 0 Å². The molecule has 0 aliphatic heterocycles. The third-order valence-corrected chi connectivity index (χ3v) is 1.57. The number of hydrogen-bond acceptors (Lipinski definition) is 3. The van der Waals surface area contributed by atoms with E-state index in [1.54, 1.807) is 7.11 Å². The Bertz CT molecular complexity index is 96.5. The minimum atomic E-state index is 0.155. The van der Waals surface area contributed by atoms with Crippen LogP contribution in [0.15, 0.2) is 0 Å². The summed E-state index contributed by atoms with van der Waals surface area (Å²) >= 11 is 0. The molecule has 1 atom stereocenters. The van der Waals surface area contributed by atoms with Crippen molar-refractivity contribution in [1.82, 2.24) is 0 Å². The number of rotatable bonds is 7. The molecule has 0 amide bonds. The van der Waals surface area contributed by atoms with Crippen molar-refractivity contribution in [2.45, 2.75) is 38.8 Å². The van der Waals surface area contributed by atoms with Crippen LogP contribution in [0.2, 0.25) is 0 Å². The lowest BCUT2D eigenvalue weighted by atomic mass is 10.2. The molecule has 0 aromatic rings. The van der Waals surface area contributed by atoms with Gasteiger partial charge >= 0.3 is 0 Å². The van der Waals surface area contributed by atoms with Crippen molar-refractivity contribution in [2.24, 2.45) is 5.73 Å². The van der Waals surface area contributed by atoms with Crippen LogP contribution < -0.4 is 5.73 Å². The van der Waals surface area contributed by atoms with Gasteiger partial charge in [0.05, 0.1) is 12.7 Å². The molecule has 0 fully saturated rings. The molecular formula is C9H21NO2. The first kappa shape index (κ1) is 11.9. The van der Waals surface area contributed by atoms with Gasteiger partial charge in [0, 0.05) is 19.8 Å². The van der Waals surface area contributed by atoms with E-state index in [1.165, 1.54) is 0 Å². The minimum absolute atomic E-state index is 0.155. The second-order valence-corrected chi connectivity index (χ2v) is 3.28. The Labute approximate surface area is 75.2 Å². The van der Waals surface area contributed by atoms with E-state index in [4.69, 9.17) is 15.2 Å². The van der Waals surface area contributed by atoms with E-state index >= 15 is 0 Å². The highest BCUT2D eigenvalue weighted by Gasteiger charge is 2.03. The van der Waals surface area contributed by atoms with Gasteiger partial charge in [-0.1, -0.05) is 0 Å². The second-order valence-electron chi connectivity index (χ2n) is 3.28. The van der Waals surface area contributed by atoms with E-state index in [0.717, 1.165) is 19.4 Å². The summed E-state index contributed by atoms with van der Waals surface area (Å²) in [6, 6.07) is 0.155. The van der Waals surface area contributed by atoms with Crippen LogP contribution in [-0.2, 0) is 9.47 Å². The summed E-state index contributed by atoms with van der Waals surface area (Å²) in [5.74, 6) is 0. The van der Waals surface area contributed by atoms with Crippen molar-refractivity contribution in [3.8, 4) is 0 Å². The zero-order valence-corrected chi connectivity index (χ0v) is 8.38. The Morgan fingerprint density at radius 2 is 2.00 bits per heavy atom. The average Bonchev–Trinajstić information content (AvgIpc) is 2.01. The van der Waals surface area contributed by atoms with Gasteiger partial charge in [0.25, 0.3) is 0 Å². The maximum absolute atomic E-state index is 5.78. The highest BCUT2D eigenvalue weighted by atomic mass is 16.5. The number of nitrogens with two attached hydrogens (primary N) is 1. The summed E-state index contributed by atoms with van der Waals surface area (Å²) in [5.41, 5.74) is 5.78. The zero-order chi connectivity index (χ0) is 9.40. The fourth-order valence-electron chi connectivity index (χ4n) is 0.889. The van der Waals surface area contributed by atoms with Gasteiger partial charge in [-0.3, -0.25) is 0 Å². The van der Waals surface area contributed by atoms with Crippen LogP contribution in [0.5, 0.6) is 0 Å². The molecule has 1 unspecified atom stereocenters. The SMILES string of the molecule is COCCCC(N)COC(C)C. The van der Waals surface area contributed by atoms with Crippen molar-refractivity contribution in [3.05, 3.63) is 0 Å².